The Hall–Kier alpha value is -4.04. The Morgan fingerprint density at radius 3 is 2.15 bits per heavy atom. The van der Waals surface area contributed by atoms with E-state index in [-0.39, 0.29) is 5.41 Å². The number of rotatable bonds is 1. The summed E-state index contributed by atoms with van der Waals surface area (Å²) in [5.74, 6) is 0. The molecule has 0 unspecified atom stereocenters. The molecule has 1 aliphatic carbocycles. The highest BCUT2D eigenvalue weighted by molar-refractivity contribution is 6.25. The van der Waals surface area contributed by atoms with Crippen LogP contribution in [0.5, 0.6) is 0 Å². The number of nitrogen functional groups attached to an aromatic ring is 1. The zero-order valence-corrected chi connectivity index (χ0v) is 18.8. The van der Waals surface area contributed by atoms with Crippen LogP contribution in [-0.4, -0.2) is 4.57 Å². The van der Waals surface area contributed by atoms with E-state index in [4.69, 9.17) is 5.73 Å². The van der Waals surface area contributed by atoms with E-state index in [1.54, 1.807) is 0 Å². The summed E-state index contributed by atoms with van der Waals surface area (Å²) >= 11 is 0. The van der Waals surface area contributed by atoms with Crippen LogP contribution in [0.4, 0.5) is 5.69 Å². The molecule has 0 radical (unpaired) electrons. The SMILES string of the molecule is CC1(C)c2cc(N)ccc2-c2c1c1c3ccccc3n(-c3ccccc3)c1c1ccccc21. The van der Waals surface area contributed by atoms with Gasteiger partial charge in [-0.05, 0) is 58.0 Å². The summed E-state index contributed by atoms with van der Waals surface area (Å²) in [7, 11) is 0. The Labute approximate surface area is 192 Å². The first kappa shape index (κ1) is 18.5. The molecule has 1 aromatic heterocycles. The number of para-hydroxylation sites is 2. The third kappa shape index (κ3) is 2.28. The third-order valence-electron chi connectivity index (χ3n) is 7.45. The second-order valence-electron chi connectivity index (χ2n) is 9.64. The first-order chi connectivity index (χ1) is 16.1. The highest BCUT2D eigenvalue weighted by atomic mass is 15.0. The largest absolute Gasteiger partial charge is 0.399 e. The first-order valence-electron chi connectivity index (χ1n) is 11.5. The van der Waals surface area contributed by atoms with Gasteiger partial charge >= 0.3 is 0 Å². The molecule has 2 N–H and O–H groups in total. The number of aromatic nitrogens is 1. The number of fused-ring (bicyclic) bond motifs is 10. The Bertz CT molecular complexity index is 1740. The fourth-order valence-corrected chi connectivity index (χ4v) is 6.10. The predicted molar refractivity (Wildman–Crippen MR) is 140 cm³/mol. The van der Waals surface area contributed by atoms with E-state index < -0.39 is 0 Å². The number of benzene rings is 5. The van der Waals surface area contributed by atoms with Gasteiger partial charge in [0.15, 0.2) is 0 Å². The summed E-state index contributed by atoms with van der Waals surface area (Å²) < 4.78 is 2.45. The van der Waals surface area contributed by atoms with Crippen molar-refractivity contribution >= 4 is 38.3 Å². The molecule has 0 saturated carbocycles. The van der Waals surface area contributed by atoms with Crippen LogP contribution in [0.1, 0.15) is 25.0 Å². The molecule has 0 saturated heterocycles. The highest BCUT2D eigenvalue weighted by Gasteiger charge is 2.40. The van der Waals surface area contributed by atoms with E-state index in [0.29, 0.717) is 0 Å². The van der Waals surface area contributed by atoms with Crippen molar-refractivity contribution < 1.29 is 0 Å². The normalized spacial score (nSPS) is 14.1. The molecular weight excluding hydrogens is 400 g/mol. The standard InChI is InChI=1S/C31H24N2/c1-31(2)25-18-19(32)16-17-23(25)27-21-12-6-7-13-22(21)30-28(29(27)31)24-14-8-9-15-26(24)33(30)20-10-4-3-5-11-20/h3-18H,32H2,1-2H3. The van der Waals surface area contributed by atoms with Crippen LogP contribution in [-0.2, 0) is 5.41 Å². The maximum Gasteiger partial charge on any atom is 0.0623 e. The molecule has 0 amide bonds. The number of hydrogen-bond acceptors (Lipinski definition) is 1. The second kappa shape index (κ2) is 6.26. The molecule has 0 atom stereocenters. The first-order valence-corrected chi connectivity index (χ1v) is 11.5. The van der Waals surface area contributed by atoms with Crippen molar-refractivity contribution in [3.05, 3.63) is 108 Å². The van der Waals surface area contributed by atoms with Gasteiger partial charge in [-0.25, -0.2) is 0 Å². The van der Waals surface area contributed by atoms with Gasteiger partial charge in [0.1, 0.15) is 0 Å². The minimum Gasteiger partial charge on any atom is -0.399 e. The maximum absolute atomic E-state index is 6.28. The molecule has 7 rings (SSSR count). The van der Waals surface area contributed by atoms with Crippen molar-refractivity contribution in [2.24, 2.45) is 0 Å². The Morgan fingerprint density at radius 1 is 0.697 bits per heavy atom. The lowest BCUT2D eigenvalue weighted by atomic mass is 9.79. The molecule has 0 aliphatic heterocycles. The smallest absolute Gasteiger partial charge is 0.0623 e. The predicted octanol–water partition coefficient (Wildman–Crippen LogP) is 7.83. The summed E-state index contributed by atoms with van der Waals surface area (Å²) in [5.41, 5.74) is 16.0. The van der Waals surface area contributed by atoms with Gasteiger partial charge in [0.25, 0.3) is 0 Å². The van der Waals surface area contributed by atoms with Gasteiger partial charge in [0, 0.05) is 32.9 Å². The average molecular weight is 425 g/mol. The lowest BCUT2D eigenvalue weighted by Gasteiger charge is -2.23. The maximum atomic E-state index is 6.28. The van der Waals surface area contributed by atoms with Crippen molar-refractivity contribution in [2.45, 2.75) is 19.3 Å². The van der Waals surface area contributed by atoms with E-state index in [2.05, 4.69) is 109 Å². The van der Waals surface area contributed by atoms with Gasteiger partial charge in [0.2, 0.25) is 0 Å². The van der Waals surface area contributed by atoms with Gasteiger partial charge in [-0.1, -0.05) is 80.6 Å². The van der Waals surface area contributed by atoms with E-state index in [0.717, 1.165) is 5.69 Å². The van der Waals surface area contributed by atoms with Gasteiger partial charge in [-0.15, -0.1) is 0 Å². The molecule has 158 valence electrons. The molecular formula is C31H24N2. The molecule has 2 nitrogen and oxygen atoms in total. The fourth-order valence-electron chi connectivity index (χ4n) is 6.10. The van der Waals surface area contributed by atoms with Crippen molar-refractivity contribution in [3.8, 4) is 16.8 Å². The Morgan fingerprint density at radius 2 is 1.36 bits per heavy atom. The van der Waals surface area contributed by atoms with Gasteiger partial charge in [-0.2, -0.15) is 0 Å². The summed E-state index contributed by atoms with van der Waals surface area (Å²) in [4.78, 5) is 0. The van der Waals surface area contributed by atoms with Crippen LogP contribution in [0.15, 0.2) is 97.1 Å². The molecule has 1 heterocycles. The number of nitrogens with zero attached hydrogens (tertiary/aromatic N) is 1. The molecule has 0 fully saturated rings. The van der Waals surface area contributed by atoms with E-state index in [1.807, 2.05) is 6.07 Å². The van der Waals surface area contributed by atoms with Gasteiger partial charge < -0.3 is 10.3 Å². The fraction of sp³-hybridized carbons (Fsp3) is 0.0968. The summed E-state index contributed by atoms with van der Waals surface area (Å²) in [6, 6.07) is 34.8. The van der Waals surface area contributed by atoms with Crippen LogP contribution in [0.3, 0.4) is 0 Å². The summed E-state index contributed by atoms with van der Waals surface area (Å²) in [6.45, 7) is 4.69. The molecule has 2 heteroatoms. The highest BCUT2D eigenvalue weighted by Crippen LogP contribution is 2.56. The van der Waals surface area contributed by atoms with Crippen molar-refractivity contribution in [1.82, 2.24) is 4.57 Å². The number of nitrogens with two attached hydrogens (primary N) is 1. The van der Waals surface area contributed by atoms with Crippen LogP contribution in [0, 0.1) is 0 Å². The van der Waals surface area contributed by atoms with Crippen LogP contribution >= 0.6 is 0 Å². The van der Waals surface area contributed by atoms with Crippen LogP contribution in [0.2, 0.25) is 0 Å². The lowest BCUT2D eigenvalue weighted by Crippen LogP contribution is -2.16. The molecule has 0 bridgehead atoms. The van der Waals surface area contributed by atoms with Gasteiger partial charge in [-0.3, -0.25) is 0 Å². The zero-order chi connectivity index (χ0) is 22.3. The van der Waals surface area contributed by atoms with Crippen LogP contribution < -0.4 is 5.73 Å². The molecule has 33 heavy (non-hydrogen) atoms. The second-order valence-corrected chi connectivity index (χ2v) is 9.64. The van der Waals surface area contributed by atoms with Crippen LogP contribution in [0.25, 0.3) is 49.4 Å². The number of hydrogen-bond donors (Lipinski definition) is 1. The quantitative estimate of drug-likeness (QED) is 0.268. The summed E-state index contributed by atoms with van der Waals surface area (Å²) in [6.07, 6.45) is 0. The molecule has 1 aliphatic rings. The molecule has 5 aromatic carbocycles. The van der Waals surface area contributed by atoms with E-state index >= 15 is 0 Å². The molecule has 0 spiro atoms. The third-order valence-corrected chi connectivity index (χ3v) is 7.45. The van der Waals surface area contributed by atoms with E-state index in [9.17, 15) is 0 Å². The zero-order valence-electron chi connectivity index (χ0n) is 18.8. The Balaban J connectivity index is 1.81. The monoisotopic (exact) mass is 424 g/mol. The topological polar surface area (TPSA) is 30.9 Å². The van der Waals surface area contributed by atoms with Crippen molar-refractivity contribution in [1.29, 1.82) is 0 Å². The molecule has 6 aromatic rings. The van der Waals surface area contributed by atoms with Crippen molar-refractivity contribution in [2.75, 3.05) is 5.73 Å². The van der Waals surface area contributed by atoms with Gasteiger partial charge in [0.05, 0.1) is 11.0 Å². The minimum absolute atomic E-state index is 0.159. The Kier molecular flexibility index (Phi) is 3.52. The minimum atomic E-state index is -0.159. The summed E-state index contributed by atoms with van der Waals surface area (Å²) in [5, 5.41) is 5.23. The van der Waals surface area contributed by atoms with Crippen molar-refractivity contribution in [3.63, 3.8) is 0 Å². The number of anilines is 1. The van der Waals surface area contributed by atoms with E-state index in [1.165, 1.54) is 60.5 Å². The lowest BCUT2D eigenvalue weighted by molar-refractivity contribution is 0.667. The average Bonchev–Trinajstić information content (AvgIpc) is 3.30.